The van der Waals surface area contributed by atoms with Gasteiger partial charge in [0.15, 0.2) is 11.6 Å². The second-order valence-corrected chi connectivity index (χ2v) is 6.86. The second-order valence-electron chi connectivity index (χ2n) is 6.86. The van der Waals surface area contributed by atoms with Gasteiger partial charge in [0, 0.05) is 29.6 Å². The minimum atomic E-state index is -0.314. The van der Waals surface area contributed by atoms with Gasteiger partial charge in [0.2, 0.25) is 0 Å². The number of ketones is 1. The van der Waals surface area contributed by atoms with Crippen LogP contribution in [0.3, 0.4) is 0 Å². The van der Waals surface area contributed by atoms with Crippen molar-refractivity contribution >= 4 is 5.78 Å². The Morgan fingerprint density at radius 1 is 1.42 bits per heavy atom. The predicted octanol–water partition coefficient (Wildman–Crippen LogP) is 2.28. The average Bonchev–Trinajstić information content (AvgIpc) is 3.19. The minimum absolute atomic E-state index is 0.112. The van der Waals surface area contributed by atoms with Crippen LogP contribution in [0.1, 0.15) is 40.9 Å². The molecule has 0 spiro atoms. The quantitative estimate of drug-likeness (QED) is 0.851. The van der Waals surface area contributed by atoms with Crippen LogP contribution in [0.15, 0.2) is 16.7 Å². The molecule has 3 heterocycles. The van der Waals surface area contributed by atoms with E-state index in [1.807, 2.05) is 44.4 Å². The highest BCUT2D eigenvalue weighted by Gasteiger charge is 2.28. The summed E-state index contributed by atoms with van der Waals surface area (Å²) in [4.78, 5) is 14.9. The Hall–Kier alpha value is -1.92. The van der Waals surface area contributed by atoms with Gasteiger partial charge in [-0.15, -0.1) is 0 Å². The van der Waals surface area contributed by atoms with Crippen LogP contribution in [0.4, 0.5) is 0 Å². The van der Waals surface area contributed by atoms with Gasteiger partial charge in [-0.2, -0.15) is 0 Å². The van der Waals surface area contributed by atoms with Crippen LogP contribution >= 0.6 is 0 Å². The molecule has 0 saturated carbocycles. The molecule has 130 valence electrons. The molecule has 2 unspecified atom stereocenters. The highest BCUT2D eigenvalue weighted by Crippen LogP contribution is 2.23. The normalized spacial score (nSPS) is 19.8. The van der Waals surface area contributed by atoms with Crippen LogP contribution in [0, 0.1) is 26.7 Å². The fourth-order valence-corrected chi connectivity index (χ4v) is 3.54. The molecule has 0 radical (unpaired) electrons. The van der Waals surface area contributed by atoms with Crippen LogP contribution in [-0.4, -0.2) is 51.3 Å². The summed E-state index contributed by atoms with van der Waals surface area (Å²) in [5, 5.41) is 13.8. The van der Waals surface area contributed by atoms with E-state index >= 15 is 0 Å². The van der Waals surface area contributed by atoms with E-state index in [2.05, 4.69) is 10.1 Å². The first-order valence-corrected chi connectivity index (χ1v) is 8.43. The zero-order valence-corrected chi connectivity index (χ0v) is 14.7. The summed E-state index contributed by atoms with van der Waals surface area (Å²) in [5.74, 6) is 1.83. The van der Waals surface area contributed by atoms with Gasteiger partial charge in [-0.1, -0.05) is 5.16 Å². The van der Waals surface area contributed by atoms with Crippen molar-refractivity contribution in [2.24, 2.45) is 5.92 Å². The molecule has 0 aromatic carbocycles. The molecule has 2 aromatic heterocycles. The molecule has 1 fully saturated rings. The maximum absolute atomic E-state index is 12.7. The SMILES string of the molecule is Cc1cc(-n2c(C)cc(C(=O)CN3CCC(C(C)O)C3)c2C)no1. The van der Waals surface area contributed by atoms with Crippen molar-refractivity contribution in [3.8, 4) is 5.82 Å². The lowest BCUT2D eigenvalue weighted by molar-refractivity contribution is 0.0925. The van der Waals surface area contributed by atoms with Crippen molar-refractivity contribution in [2.45, 2.75) is 40.2 Å². The van der Waals surface area contributed by atoms with E-state index in [4.69, 9.17) is 4.52 Å². The standard InChI is InChI=1S/C18H25N3O3/c1-11-7-16(13(3)21(11)18-8-12(2)24-19-18)17(23)10-20-6-5-15(9-20)14(4)22/h7-8,14-15,22H,5-6,9-10H2,1-4H3. The van der Waals surface area contributed by atoms with Crippen molar-refractivity contribution in [3.05, 3.63) is 34.8 Å². The maximum atomic E-state index is 12.7. The van der Waals surface area contributed by atoms with Crippen LogP contribution < -0.4 is 0 Å². The molecule has 1 saturated heterocycles. The zero-order valence-electron chi connectivity index (χ0n) is 14.7. The summed E-state index contributed by atoms with van der Waals surface area (Å²) in [6, 6.07) is 3.78. The van der Waals surface area contributed by atoms with Crippen molar-refractivity contribution in [2.75, 3.05) is 19.6 Å². The van der Waals surface area contributed by atoms with E-state index in [9.17, 15) is 9.90 Å². The summed E-state index contributed by atoms with van der Waals surface area (Å²) >= 11 is 0. The van der Waals surface area contributed by atoms with Crippen molar-refractivity contribution < 1.29 is 14.4 Å². The highest BCUT2D eigenvalue weighted by atomic mass is 16.5. The van der Waals surface area contributed by atoms with E-state index in [1.165, 1.54) is 0 Å². The molecule has 0 bridgehead atoms. The topological polar surface area (TPSA) is 71.5 Å². The van der Waals surface area contributed by atoms with Crippen LogP contribution in [0.2, 0.25) is 0 Å². The van der Waals surface area contributed by atoms with Gasteiger partial charge >= 0.3 is 0 Å². The first kappa shape index (κ1) is 16.9. The molecule has 3 rings (SSSR count). The Morgan fingerprint density at radius 3 is 2.75 bits per heavy atom. The van der Waals surface area contributed by atoms with E-state index < -0.39 is 0 Å². The summed E-state index contributed by atoms with van der Waals surface area (Å²) in [6.07, 6.45) is 0.632. The van der Waals surface area contributed by atoms with Gasteiger partial charge in [0.05, 0.1) is 12.6 Å². The molecular weight excluding hydrogens is 306 g/mol. The molecule has 6 heteroatoms. The molecule has 0 amide bonds. The van der Waals surface area contributed by atoms with E-state index in [0.29, 0.717) is 12.4 Å². The Labute approximate surface area is 142 Å². The van der Waals surface area contributed by atoms with Gasteiger partial charge in [-0.25, -0.2) is 0 Å². The molecule has 1 aliphatic rings. The first-order valence-electron chi connectivity index (χ1n) is 8.43. The van der Waals surface area contributed by atoms with Gasteiger partial charge in [0.1, 0.15) is 5.76 Å². The third-order valence-electron chi connectivity index (χ3n) is 4.93. The number of aromatic nitrogens is 2. The summed E-state index contributed by atoms with van der Waals surface area (Å²) < 4.78 is 7.10. The van der Waals surface area contributed by atoms with Crippen LogP contribution in [0.25, 0.3) is 5.82 Å². The van der Waals surface area contributed by atoms with Gasteiger partial charge < -0.3 is 9.63 Å². The van der Waals surface area contributed by atoms with Crippen molar-refractivity contribution in [1.29, 1.82) is 0 Å². The van der Waals surface area contributed by atoms with Crippen LogP contribution in [-0.2, 0) is 0 Å². The predicted molar refractivity (Wildman–Crippen MR) is 90.6 cm³/mol. The van der Waals surface area contributed by atoms with Crippen molar-refractivity contribution in [3.63, 3.8) is 0 Å². The Bertz CT molecular complexity index is 745. The van der Waals surface area contributed by atoms with E-state index in [1.54, 1.807) is 0 Å². The van der Waals surface area contributed by atoms with Crippen molar-refractivity contribution in [1.82, 2.24) is 14.6 Å². The van der Waals surface area contributed by atoms with Gasteiger partial charge in [0.25, 0.3) is 0 Å². The number of aliphatic hydroxyl groups excluding tert-OH is 1. The molecule has 2 aromatic rings. The largest absolute Gasteiger partial charge is 0.393 e. The zero-order chi connectivity index (χ0) is 17.4. The highest BCUT2D eigenvalue weighted by molar-refractivity contribution is 5.99. The molecular formula is C18H25N3O3. The molecule has 2 atom stereocenters. The van der Waals surface area contributed by atoms with Crippen LogP contribution in [0.5, 0.6) is 0 Å². The molecule has 0 aliphatic carbocycles. The number of likely N-dealkylation sites (tertiary alicyclic amines) is 1. The Balaban J connectivity index is 1.77. The summed E-state index contributed by atoms with van der Waals surface area (Å²) in [5.41, 5.74) is 2.58. The number of hydrogen-bond acceptors (Lipinski definition) is 5. The number of nitrogens with zero attached hydrogens (tertiary/aromatic N) is 3. The first-order chi connectivity index (χ1) is 11.4. The third kappa shape index (κ3) is 3.16. The number of carbonyl (C=O) groups is 1. The lowest BCUT2D eigenvalue weighted by Crippen LogP contribution is -2.29. The average molecular weight is 331 g/mol. The molecule has 1 N–H and O–H groups in total. The minimum Gasteiger partial charge on any atom is -0.393 e. The monoisotopic (exact) mass is 331 g/mol. The van der Waals surface area contributed by atoms with E-state index in [0.717, 1.165) is 42.2 Å². The lowest BCUT2D eigenvalue weighted by Gasteiger charge is -2.16. The second kappa shape index (κ2) is 6.53. The Kier molecular flexibility index (Phi) is 4.60. The molecule has 24 heavy (non-hydrogen) atoms. The van der Waals surface area contributed by atoms with Gasteiger partial charge in [-0.3, -0.25) is 14.3 Å². The van der Waals surface area contributed by atoms with E-state index in [-0.39, 0.29) is 17.8 Å². The van der Waals surface area contributed by atoms with Gasteiger partial charge in [-0.05, 0) is 52.6 Å². The fourth-order valence-electron chi connectivity index (χ4n) is 3.54. The number of aliphatic hydroxyl groups is 1. The molecule has 1 aliphatic heterocycles. The maximum Gasteiger partial charge on any atom is 0.180 e. The number of hydrogen-bond donors (Lipinski definition) is 1. The smallest absolute Gasteiger partial charge is 0.180 e. The Morgan fingerprint density at radius 2 is 2.17 bits per heavy atom. The molecule has 6 nitrogen and oxygen atoms in total. The number of Topliss-reactive ketones (excluding diaryl/α,β-unsaturated/α-hetero) is 1. The fraction of sp³-hybridized carbons (Fsp3) is 0.556. The summed E-state index contributed by atoms with van der Waals surface area (Å²) in [7, 11) is 0. The summed E-state index contributed by atoms with van der Waals surface area (Å²) in [6.45, 7) is 9.62. The lowest BCUT2D eigenvalue weighted by atomic mass is 10.0. The number of aryl methyl sites for hydroxylation is 2. The third-order valence-corrected chi connectivity index (χ3v) is 4.93. The number of carbonyl (C=O) groups excluding carboxylic acids is 1. The number of rotatable bonds is 5.